The van der Waals surface area contributed by atoms with Crippen LogP contribution in [0.2, 0.25) is 0 Å². The first-order chi connectivity index (χ1) is 11.9. The van der Waals surface area contributed by atoms with Crippen molar-refractivity contribution in [1.82, 2.24) is 9.97 Å². The van der Waals surface area contributed by atoms with E-state index < -0.39 is 16.5 Å². The van der Waals surface area contributed by atoms with Crippen LogP contribution in [0.1, 0.15) is 0 Å². The Labute approximate surface area is 180 Å². The fraction of sp³-hybridized carbons (Fsp3) is 0. The number of hydrogen-bond donors (Lipinski definition) is 2. The molecular formula is C14H10Cl2N4PtS4. The van der Waals surface area contributed by atoms with Gasteiger partial charge in [0.2, 0.25) is 0 Å². The minimum absolute atomic E-state index is 0.472. The van der Waals surface area contributed by atoms with E-state index in [0.29, 0.717) is 10.3 Å². The zero-order valence-electron chi connectivity index (χ0n) is 12.2. The predicted molar refractivity (Wildman–Crippen MR) is 111 cm³/mol. The van der Waals surface area contributed by atoms with E-state index >= 15 is 0 Å². The van der Waals surface area contributed by atoms with Crippen molar-refractivity contribution in [2.75, 3.05) is 11.5 Å². The van der Waals surface area contributed by atoms with Crippen molar-refractivity contribution < 1.29 is 16.5 Å². The van der Waals surface area contributed by atoms with Gasteiger partial charge in [0.15, 0.2) is 10.3 Å². The fourth-order valence-electron chi connectivity index (χ4n) is 1.85. The molecular weight excluding hydrogens is 618 g/mol. The van der Waals surface area contributed by atoms with Crippen LogP contribution in [0.5, 0.6) is 0 Å². The van der Waals surface area contributed by atoms with Crippen LogP contribution in [0.4, 0.5) is 10.3 Å². The third-order valence-corrected chi connectivity index (χ3v) is 4.96. The fourth-order valence-corrected chi connectivity index (χ4v) is 3.91. The van der Waals surface area contributed by atoms with Gasteiger partial charge in [-0.3, -0.25) is 0 Å². The number of aromatic nitrogens is 2. The van der Waals surface area contributed by atoms with Crippen LogP contribution in [-0.2, 0) is 41.7 Å². The summed E-state index contributed by atoms with van der Waals surface area (Å²) in [6, 6.07) is 11.3. The van der Waals surface area contributed by atoms with E-state index in [1.807, 2.05) is 36.4 Å². The second-order valence-corrected chi connectivity index (χ2v) is 10.8. The molecule has 0 fully saturated rings. The standard InChI is InChI=1S/2C7H6N2S2.2ClH.Pt/c2*8-7-9-5-2-1-4(10)3-6(5)11-7;;;/h2*1-3,10H,(H2,8,9);2*1H;/q;;;;+4/p-4. The molecule has 0 aliphatic heterocycles. The Balaban J connectivity index is 0.000000156. The zero-order chi connectivity index (χ0) is 18.4. The molecule has 0 spiro atoms. The summed E-state index contributed by atoms with van der Waals surface area (Å²) in [6.45, 7) is 0. The van der Waals surface area contributed by atoms with E-state index in [9.17, 15) is 0 Å². The van der Waals surface area contributed by atoms with Crippen molar-refractivity contribution in [3.63, 3.8) is 0 Å². The van der Waals surface area contributed by atoms with Crippen molar-refractivity contribution in [2.24, 2.45) is 0 Å². The van der Waals surface area contributed by atoms with Gasteiger partial charge in [-0.25, -0.2) is 9.97 Å². The number of nitrogens with zero attached hydrogens (tertiary/aromatic N) is 2. The molecule has 4 aromatic rings. The van der Waals surface area contributed by atoms with Gasteiger partial charge in [0.25, 0.3) is 0 Å². The molecule has 2 aromatic heterocycles. The van der Waals surface area contributed by atoms with Gasteiger partial charge in [0, 0.05) is 0 Å². The molecule has 2 heterocycles. The topological polar surface area (TPSA) is 77.8 Å². The number of benzene rings is 2. The van der Waals surface area contributed by atoms with Crippen LogP contribution in [-0.4, -0.2) is 9.97 Å². The second-order valence-electron chi connectivity index (χ2n) is 4.41. The summed E-state index contributed by atoms with van der Waals surface area (Å²) in [7, 11) is 9.75. The average Bonchev–Trinajstić information content (AvgIpc) is 3.08. The van der Waals surface area contributed by atoms with Crippen LogP contribution in [0.15, 0.2) is 46.2 Å². The van der Waals surface area contributed by atoms with Crippen LogP contribution in [0.3, 0.4) is 0 Å². The molecule has 0 radical (unpaired) electrons. The van der Waals surface area contributed by atoms with E-state index in [1.165, 1.54) is 22.7 Å². The molecule has 0 unspecified atom stereocenters. The van der Waals surface area contributed by atoms with Gasteiger partial charge >= 0.3 is 35.3 Å². The summed E-state index contributed by atoms with van der Waals surface area (Å²) in [5.41, 5.74) is 12.9. The van der Waals surface area contributed by atoms with Crippen LogP contribution < -0.4 is 11.5 Å². The van der Waals surface area contributed by atoms with E-state index in [2.05, 4.69) is 9.97 Å². The van der Waals surface area contributed by atoms with Crippen LogP contribution in [0, 0.1) is 0 Å². The molecule has 0 saturated heterocycles. The molecule has 0 saturated carbocycles. The van der Waals surface area contributed by atoms with Crippen molar-refractivity contribution in [3.8, 4) is 0 Å². The predicted octanol–water partition coefficient (Wildman–Crippen LogP) is 4.95. The van der Waals surface area contributed by atoms with Crippen molar-refractivity contribution in [3.05, 3.63) is 36.4 Å². The number of halogens is 2. The number of hydrogen-bond acceptors (Lipinski definition) is 8. The first-order valence-electron chi connectivity index (χ1n) is 6.41. The average molecular weight is 629 g/mol. The molecule has 11 heteroatoms. The van der Waals surface area contributed by atoms with Crippen molar-refractivity contribution in [2.45, 2.75) is 9.79 Å². The maximum absolute atomic E-state index is 5.51. The molecule has 0 bridgehead atoms. The molecule has 134 valence electrons. The van der Waals surface area contributed by atoms with Crippen LogP contribution in [0.25, 0.3) is 20.4 Å². The summed E-state index contributed by atoms with van der Waals surface area (Å²) >= 11 is 12.4. The Morgan fingerprint density at radius 3 is 1.52 bits per heavy atom. The summed E-state index contributed by atoms with van der Waals surface area (Å²) < 4.78 is 2.13. The van der Waals surface area contributed by atoms with Gasteiger partial charge in [0.1, 0.15) is 0 Å². The molecule has 0 amide bonds. The molecule has 0 atom stereocenters. The number of nitrogen functional groups attached to an aromatic ring is 2. The molecule has 0 aliphatic carbocycles. The Bertz CT molecular complexity index is 898. The zero-order valence-corrected chi connectivity index (χ0v) is 19.3. The SMILES string of the molecule is Nc1nc2ccc([S-])cc2s1.Nc1nc2ccc([S-])cc2s1.[Cl][Pt+2][Cl]. The normalized spacial score (nSPS) is 10.2. The molecule has 4 N–H and O–H groups in total. The third-order valence-electron chi connectivity index (χ3n) is 2.75. The molecule has 2 aromatic carbocycles. The number of anilines is 2. The molecule has 0 aliphatic rings. The Morgan fingerprint density at radius 2 is 1.16 bits per heavy atom. The van der Waals surface area contributed by atoms with E-state index in [-0.39, 0.29) is 0 Å². The van der Waals surface area contributed by atoms with E-state index in [4.69, 9.17) is 55.6 Å². The number of nitrogens with two attached hydrogens (primary N) is 2. The minimum atomic E-state index is -0.472. The van der Waals surface area contributed by atoms with E-state index in [1.54, 1.807) is 0 Å². The third kappa shape index (κ3) is 6.32. The summed E-state index contributed by atoms with van der Waals surface area (Å²) in [4.78, 5) is 9.88. The Morgan fingerprint density at radius 1 is 0.800 bits per heavy atom. The molecule has 25 heavy (non-hydrogen) atoms. The van der Waals surface area contributed by atoms with Gasteiger partial charge in [-0.15, -0.1) is 0 Å². The van der Waals surface area contributed by atoms with Crippen molar-refractivity contribution >= 4 is 97.5 Å². The van der Waals surface area contributed by atoms with Gasteiger partial charge in [-0.05, 0) is 12.1 Å². The summed E-state index contributed by atoms with van der Waals surface area (Å²) in [6.07, 6.45) is 0. The van der Waals surface area contributed by atoms with E-state index in [0.717, 1.165) is 30.2 Å². The molecule has 4 rings (SSSR count). The number of fused-ring (bicyclic) bond motifs is 2. The number of thiazole rings is 2. The van der Waals surface area contributed by atoms with Gasteiger partial charge in [-0.1, -0.05) is 46.9 Å². The van der Waals surface area contributed by atoms with Crippen LogP contribution >= 0.6 is 41.5 Å². The van der Waals surface area contributed by atoms with Gasteiger partial charge in [0.05, 0.1) is 20.4 Å². The summed E-state index contributed by atoms with van der Waals surface area (Å²) in [5, 5.41) is 1.20. The molecule has 4 nitrogen and oxygen atoms in total. The van der Waals surface area contributed by atoms with Gasteiger partial charge in [-0.2, -0.15) is 9.79 Å². The van der Waals surface area contributed by atoms with Gasteiger partial charge < -0.3 is 36.7 Å². The summed E-state index contributed by atoms with van der Waals surface area (Å²) in [5.74, 6) is 0. The first kappa shape index (κ1) is 20.8. The van der Waals surface area contributed by atoms with Crippen molar-refractivity contribution in [1.29, 1.82) is 0 Å². The quantitative estimate of drug-likeness (QED) is 0.269. The first-order valence-corrected chi connectivity index (χ1v) is 14.5. The number of rotatable bonds is 0. The monoisotopic (exact) mass is 627 g/mol. The second kappa shape index (κ2) is 10.0. The maximum atomic E-state index is 5.51. The Hall–Kier alpha value is -0.472. The Kier molecular flexibility index (Phi) is 8.35.